The van der Waals surface area contributed by atoms with Gasteiger partial charge in [0.15, 0.2) is 0 Å². The zero-order valence-electron chi connectivity index (χ0n) is 15.5. The molecule has 2 unspecified atom stereocenters. The Bertz CT molecular complexity index is 867. The van der Waals surface area contributed by atoms with Crippen LogP contribution in [0.25, 0.3) is 0 Å². The molecule has 146 valence electrons. The predicted octanol–water partition coefficient (Wildman–Crippen LogP) is 3.82. The number of ether oxygens (including phenoxy) is 1. The van der Waals surface area contributed by atoms with Crippen LogP contribution in [0.4, 0.5) is 11.4 Å². The van der Waals surface area contributed by atoms with E-state index in [1.54, 1.807) is 12.1 Å². The Kier molecular flexibility index (Phi) is 5.25. The van der Waals surface area contributed by atoms with E-state index >= 15 is 0 Å². The van der Waals surface area contributed by atoms with E-state index in [4.69, 9.17) is 4.74 Å². The van der Waals surface area contributed by atoms with E-state index < -0.39 is 4.92 Å². The third-order valence-corrected chi connectivity index (χ3v) is 5.18. The van der Waals surface area contributed by atoms with E-state index in [1.807, 2.05) is 30.3 Å². The average molecular weight is 381 g/mol. The summed E-state index contributed by atoms with van der Waals surface area (Å²) in [7, 11) is 0. The minimum atomic E-state index is -0.440. The molecule has 1 saturated heterocycles. The minimum Gasteiger partial charge on any atom is -0.377 e. The number of amides is 1. The Hall–Kier alpha value is -2.93. The largest absolute Gasteiger partial charge is 0.377 e. The second kappa shape index (κ2) is 7.98. The second-order valence-electron chi connectivity index (χ2n) is 7.37. The van der Waals surface area contributed by atoms with Gasteiger partial charge >= 0.3 is 0 Å². The molecule has 7 heteroatoms. The number of anilines is 1. The van der Waals surface area contributed by atoms with Gasteiger partial charge in [-0.25, -0.2) is 0 Å². The number of hydrogen-bond acceptors (Lipinski definition) is 5. The minimum absolute atomic E-state index is 0.0323. The van der Waals surface area contributed by atoms with Crippen LogP contribution in [0.15, 0.2) is 48.5 Å². The van der Waals surface area contributed by atoms with Crippen molar-refractivity contribution in [3.05, 3.63) is 69.8 Å². The Morgan fingerprint density at radius 2 is 1.86 bits per heavy atom. The van der Waals surface area contributed by atoms with Crippen molar-refractivity contribution in [1.82, 2.24) is 5.32 Å². The summed E-state index contributed by atoms with van der Waals surface area (Å²) >= 11 is 0. The number of carbonyl (C=O) groups excluding carboxylic acids is 1. The number of hydrogen-bond donors (Lipinski definition) is 2. The number of nitrogens with one attached hydrogen (secondary N) is 2. The molecule has 2 fully saturated rings. The summed E-state index contributed by atoms with van der Waals surface area (Å²) in [6.45, 7) is 0.590. The van der Waals surface area contributed by atoms with Gasteiger partial charge in [0.1, 0.15) is 5.69 Å². The number of nitrogens with zero attached hydrogens (tertiary/aromatic N) is 1. The molecule has 0 aromatic heterocycles. The maximum atomic E-state index is 12.2. The molecular weight excluding hydrogens is 358 g/mol. The molecule has 1 heterocycles. The molecule has 4 rings (SSSR count). The molecule has 2 N–H and O–H groups in total. The van der Waals surface area contributed by atoms with Gasteiger partial charge < -0.3 is 15.4 Å². The van der Waals surface area contributed by atoms with Crippen LogP contribution in [0.3, 0.4) is 0 Å². The molecule has 0 radical (unpaired) electrons. The lowest BCUT2D eigenvalue weighted by Gasteiger charge is -2.31. The first-order chi connectivity index (χ1) is 13.6. The highest BCUT2D eigenvalue weighted by Gasteiger charge is 2.28. The second-order valence-corrected chi connectivity index (χ2v) is 7.37. The molecule has 1 saturated carbocycles. The molecule has 1 aliphatic heterocycles. The van der Waals surface area contributed by atoms with Gasteiger partial charge in [-0.3, -0.25) is 14.9 Å². The molecule has 28 heavy (non-hydrogen) atoms. The number of benzene rings is 2. The fourth-order valence-corrected chi connectivity index (χ4v) is 3.49. The topological polar surface area (TPSA) is 93.5 Å². The maximum absolute atomic E-state index is 12.2. The summed E-state index contributed by atoms with van der Waals surface area (Å²) in [4.78, 5) is 23.3. The van der Waals surface area contributed by atoms with Crippen molar-refractivity contribution in [2.24, 2.45) is 0 Å². The summed E-state index contributed by atoms with van der Waals surface area (Å²) in [5.41, 5.74) is 1.78. The van der Waals surface area contributed by atoms with Crippen LogP contribution in [0.2, 0.25) is 0 Å². The van der Waals surface area contributed by atoms with Crippen molar-refractivity contribution >= 4 is 17.3 Å². The highest BCUT2D eigenvalue weighted by molar-refractivity contribution is 5.96. The Balaban J connectivity index is 1.48. The number of rotatable bonds is 6. The zero-order chi connectivity index (χ0) is 19.5. The third-order valence-electron chi connectivity index (χ3n) is 5.18. The number of nitro benzene ring substituents is 1. The summed E-state index contributed by atoms with van der Waals surface area (Å²) in [6, 6.07) is 14.9. The Morgan fingerprint density at radius 3 is 2.57 bits per heavy atom. The summed E-state index contributed by atoms with van der Waals surface area (Å²) < 4.78 is 5.88. The predicted molar refractivity (Wildman–Crippen MR) is 105 cm³/mol. The molecule has 7 nitrogen and oxygen atoms in total. The lowest BCUT2D eigenvalue weighted by atomic mass is 9.97. The van der Waals surface area contributed by atoms with E-state index in [0.717, 1.165) is 31.2 Å². The molecule has 0 bridgehead atoms. The van der Waals surface area contributed by atoms with Crippen LogP contribution < -0.4 is 10.6 Å². The Morgan fingerprint density at radius 1 is 1.07 bits per heavy atom. The first kappa shape index (κ1) is 18.4. The van der Waals surface area contributed by atoms with Gasteiger partial charge in [-0.1, -0.05) is 30.3 Å². The zero-order valence-corrected chi connectivity index (χ0v) is 15.5. The lowest BCUT2D eigenvalue weighted by Crippen LogP contribution is -2.30. The molecular formula is C21H23N3O4. The van der Waals surface area contributed by atoms with Crippen LogP contribution in [0.5, 0.6) is 0 Å². The molecule has 0 spiro atoms. The standard InChI is InChI=1S/C21H23N3O4/c25-21(23-16-7-8-16)15-6-9-18(19(12-15)24(26)27)22-17-10-11-28-20(13-17)14-4-2-1-3-5-14/h1-6,9,12,16-17,20,22H,7-8,10-11,13H2,(H,23,25). The lowest BCUT2D eigenvalue weighted by molar-refractivity contribution is -0.384. The van der Waals surface area contributed by atoms with Crippen molar-refractivity contribution in [1.29, 1.82) is 0 Å². The molecule has 2 aliphatic rings. The van der Waals surface area contributed by atoms with E-state index in [9.17, 15) is 14.9 Å². The number of nitro groups is 1. The van der Waals surface area contributed by atoms with Gasteiger partial charge in [0.2, 0.25) is 0 Å². The van der Waals surface area contributed by atoms with E-state index in [1.165, 1.54) is 6.07 Å². The van der Waals surface area contributed by atoms with Gasteiger partial charge in [-0.05, 0) is 43.4 Å². The van der Waals surface area contributed by atoms with Gasteiger partial charge in [0, 0.05) is 30.3 Å². The Labute approximate surface area is 163 Å². The van der Waals surface area contributed by atoms with Gasteiger partial charge in [-0.2, -0.15) is 0 Å². The SMILES string of the molecule is O=C(NC1CC1)c1ccc(NC2CCOC(c3ccccc3)C2)c([N+](=O)[O-])c1. The monoisotopic (exact) mass is 381 g/mol. The van der Waals surface area contributed by atoms with Crippen LogP contribution in [0, 0.1) is 10.1 Å². The van der Waals surface area contributed by atoms with Crippen molar-refractivity contribution in [2.45, 2.75) is 43.9 Å². The van der Waals surface area contributed by atoms with E-state index in [2.05, 4.69) is 10.6 Å². The fraction of sp³-hybridized carbons (Fsp3) is 0.381. The smallest absolute Gasteiger partial charge is 0.293 e. The van der Waals surface area contributed by atoms with Crippen molar-refractivity contribution < 1.29 is 14.5 Å². The van der Waals surface area contributed by atoms with Gasteiger partial charge in [0.25, 0.3) is 11.6 Å². The van der Waals surface area contributed by atoms with Crippen molar-refractivity contribution in [2.75, 3.05) is 11.9 Å². The van der Waals surface area contributed by atoms with E-state index in [0.29, 0.717) is 17.9 Å². The molecule has 1 amide bonds. The fourth-order valence-electron chi connectivity index (χ4n) is 3.49. The van der Waals surface area contributed by atoms with E-state index in [-0.39, 0.29) is 29.8 Å². The normalized spacial score (nSPS) is 21.7. The van der Waals surface area contributed by atoms with Gasteiger partial charge in [-0.15, -0.1) is 0 Å². The summed E-state index contributed by atoms with van der Waals surface area (Å²) in [6.07, 6.45) is 3.41. The van der Waals surface area contributed by atoms with Crippen LogP contribution in [-0.4, -0.2) is 29.5 Å². The summed E-state index contributed by atoms with van der Waals surface area (Å²) in [5, 5.41) is 17.7. The third kappa shape index (κ3) is 4.31. The molecule has 2 atom stereocenters. The highest BCUT2D eigenvalue weighted by atomic mass is 16.6. The first-order valence-corrected chi connectivity index (χ1v) is 9.62. The first-order valence-electron chi connectivity index (χ1n) is 9.62. The van der Waals surface area contributed by atoms with Crippen molar-refractivity contribution in [3.8, 4) is 0 Å². The maximum Gasteiger partial charge on any atom is 0.293 e. The van der Waals surface area contributed by atoms with Crippen LogP contribution in [0.1, 0.15) is 47.7 Å². The quantitative estimate of drug-likeness (QED) is 0.586. The molecule has 2 aromatic rings. The average Bonchev–Trinajstić information content (AvgIpc) is 3.53. The molecule has 2 aromatic carbocycles. The molecule has 1 aliphatic carbocycles. The number of carbonyl (C=O) groups is 1. The van der Waals surface area contributed by atoms with Gasteiger partial charge in [0.05, 0.1) is 11.0 Å². The van der Waals surface area contributed by atoms with Crippen LogP contribution in [-0.2, 0) is 4.74 Å². The highest BCUT2D eigenvalue weighted by Crippen LogP contribution is 2.33. The van der Waals surface area contributed by atoms with Crippen molar-refractivity contribution in [3.63, 3.8) is 0 Å². The summed E-state index contributed by atoms with van der Waals surface area (Å²) in [5.74, 6) is -0.257. The van der Waals surface area contributed by atoms with Crippen LogP contribution >= 0.6 is 0 Å².